The van der Waals surface area contributed by atoms with Gasteiger partial charge in [0.05, 0.1) is 12.7 Å². The summed E-state index contributed by atoms with van der Waals surface area (Å²) in [6.07, 6.45) is 0.872. The van der Waals surface area contributed by atoms with Crippen LogP contribution in [-0.2, 0) is 17.6 Å². The van der Waals surface area contributed by atoms with E-state index in [1.807, 2.05) is 17.5 Å². The van der Waals surface area contributed by atoms with E-state index in [0.717, 1.165) is 16.5 Å². The fraction of sp³-hybridized carbons (Fsp3) is 0.333. The van der Waals surface area contributed by atoms with Crippen LogP contribution in [-0.4, -0.2) is 17.8 Å². The van der Waals surface area contributed by atoms with Crippen LogP contribution in [0.1, 0.15) is 22.1 Å². The second-order valence-corrected chi connectivity index (χ2v) is 6.65. The Morgan fingerprint density at radius 2 is 2.26 bits per heavy atom. The van der Waals surface area contributed by atoms with E-state index in [2.05, 4.69) is 34.1 Å². The average Bonchev–Trinajstić information content (AvgIpc) is 2.83. The Morgan fingerprint density at radius 1 is 1.42 bits per heavy atom. The molecule has 0 radical (unpaired) electrons. The Hall–Kier alpha value is -0.680. The fourth-order valence-electron chi connectivity index (χ4n) is 2.52. The zero-order chi connectivity index (χ0) is 13.2. The van der Waals surface area contributed by atoms with Crippen molar-refractivity contribution in [2.45, 2.75) is 25.0 Å². The topological polar surface area (TPSA) is 29.5 Å². The van der Waals surface area contributed by atoms with Gasteiger partial charge in [0.2, 0.25) is 0 Å². The van der Waals surface area contributed by atoms with Gasteiger partial charge in [-0.25, -0.2) is 0 Å². The maximum absolute atomic E-state index is 10.4. The minimum absolute atomic E-state index is 0.203. The molecule has 0 spiro atoms. The summed E-state index contributed by atoms with van der Waals surface area (Å²) < 4.78 is 6.86. The van der Waals surface area contributed by atoms with Gasteiger partial charge >= 0.3 is 0 Å². The number of thiophene rings is 1. The van der Waals surface area contributed by atoms with Crippen molar-refractivity contribution >= 4 is 27.3 Å². The molecule has 1 N–H and O–H groups in total. The highest BCUT2D eigenvalue weighted by Crippen LogP contribution is 2.32. The van der Waals surface area contributed by atoms with E-state index in [9.17, 15) is 5.11 Å². The molecule has 0 aliphatic carbocycles. The van der Waals surface area contributed by atoms with Gasteiger partial charge in [-0.2, -0.15) is 0 Å². The molecular weight excluding hydrogens is 324 g/mol. The minimum atomic E-state index is -0.494. The number of aliphatic hydroxyl groups is 1. The molecule has 2 unspecified atom stereocenters. The van der Waals surface area contributed by atoms with Crippen LogP contribution in [0.5, 0.6) is 0 Å². The fourth-order valence-corrected chi connectivity index (χ4v) is 4.02. The number of aliphatic hydroxyl groups excluding tert-OH is 1. The van der Waals surface area contributed by atoms with Crippen LogP contribution >= 0.6 is 27.3 Å². The first kappa shape index (κ1) is 13.3. The van der Waals surface area contributed by atoms with Crippen LogP contribution in [0.3, 0.4) is 0 Å². The van der Waals surface area contributed by atoms with Crippen LogP contribution in [0.15, 0.2) is 40.2 Å². The summed E-state index contributed by atoms with van der Waals surface area (Å²) in [5.41, 5.74) is 2.43. The molecule has 0 saturated carbocycles. The summed E-state index contributed by atoms with van der Waals surface area (Å²) in [6, 6.07) is 10.3. The third-order valence-corrected chi connectivity index (χ3v) is 5.13. The summed E-state index contributed by atoms with van der Waals surface area (Å²) in [4.78, 5) is 1.17. The number of rotatable bonds is 3. The van der Waals surface area contributed by atoms with Gasteiger partial charge in [0.15, 0.2) is 0 Å². The second kappa shape index (κ2) is 5.75. The predicted octanol–water partition coefficient (Wildman–Crippen LogP) is 3.73. The maximum atomic E-state index is 10.4. The van der Waals surface area contributed by atoms with Gasteiger partial charge in [-0.3, -0.25) is 0 Å². The molecule has 19 heavy (non-hydrogen) atoms. The standard InChI is InChI=1S/C15H15BrO2S/c16-11-7-12(19-9-11)8-14(17)15-13-4-2-1-3-10(13)5-6-18-15/h1-4,7,9,14-15,17H,5-6,8H2. The van der Waals surface area contributed by atoms with Gasteiger partial charge in [-0.15, -0.1) is 11.3 Å². The van der Waals surface area contributed by atoms with Crippen molar-refractivity contribution in [1.29, 1.82) is 0 Å². The average molecular weight is 339 g/mol. The molecule has 3 rings (SSSR count). The van der Waals surface area contributed by atoms with Crippen molar-refractivity contribution < 1.29 is 9.84 Å². The van der Waals surface area contributed by atoms with E-state index in [0.29, 0.717) is 13.0 Å². The van der Waals surface area contributed by atoms with Crippen molar-refractivity contribution in [2.24, 2.45) is 0 Å². The molecule has 2 heterocycles. The zero-order valence-corrected chi connectivity index (χ0v) is 12.8. The Balaban J connectivity index is 1.79. The van der Waals surface area contributed by atoms with E-state index in [4.69, 9.17) is 4.74 Å². The first-order valence-electron chi connectivity index (χ1n) is 6.34. The Kier molecular flexibility index (Phi) is 4.03. The van der Waals surface area contributed by atoms with Crippen LogP contribution in [0.4, 0.5) is 0 Å². The lowest BCUT2D eigenvalue weighted by Crippen LogP contribution is -2.28. The Morgan fingerprint density at radius 3 is 3.05 bits per heavy atom. The van der Waals surface area contributed by atoms with E-state index in [1.165, 1.54) is 10.4 Å². The van der Waals surface area contributed by atoms with E-state index in [1.54, 1.807) is 11.3 Å². The summed E-state index contributed by atoms with van der Waals surface area (Å²) in [7, 11) is 0. The van der Waals surface area contributed by atoms with Crippen LogP contribution in [0, 0.1) is 0 Å². The van der Waals surface area contributed by atoms with Gasteiger partial charge < -0.3 is 9.84 Å². The lowest BCUT2D eigenvalue weighted by molar-refractivity contribution is -0.0457. The largest absolute Gasteiger partial charge is 0.390 e. The van der Waals surface area contributed by atoms with Crippen molar-refractivity contribution in [3.63, 3.8) is 0 Å². The molecule has 2 nitrogen and oxygen atoms in total. The monoisotopic (exact) mass is 338 g/mol. The molecule has 2 atom stereocenters. The van der Waals surface area contributed by atoms with Crippen molar-refractivity contribution in [1.82, 2.24) is 0 Å². The quantitative estimate of drug-likeness (QED) is 0.923. The normalized spacial score (nSPS) is 20.0. The molecule has 100 valence electrons. The molecule has 0 bridgehead atoms. The predicted molar refractivity (Wildman–Crippen MR) is 80.6 cm³/mol. The third kappa shape index (κ3) is 2.92. The molecule has 1 aliphatic heterocycles. The Bertz CT molecular complexity index is 567. The summed E-state index contributed by atoms with van der Waals surface area (Å²) in [5, 5.41) is 12.5. The number of benzene rings is 1. The summed E-state index contributed by atoms with van der Waals surface area (Å²) in [5.74, 6) is 0. The first-order chi connectivity index (χ1) is 9.24. The van der Waals surface area contributed by atoms with Crippen LogP contribution < -0.4 is 0 Å². The molecule has 4 heteroatoms. The molecule has 1 aromatic heterocycles. The van der Waals surface area contributed by atoms with Gasteiger partial charge in [0, 0.05) is 21.2 Å². The SMILES string of the molecule is OC(Cc1cc(Br)cs1)C1OCCc2ccccc21. The minimum Gasteiger partial charge on any atom is -0.390 e. The van der Waals surface area contributed by atoms with Gasteiger partial charge in [-0.1, -0.05) is 24.3 Å². The van der Waals surface area contributed by atoms with Gasteiger partial charge in [0.1, 0.15) is 6.10 Å². The lowest BCUT2D eigenvalue weighted by atomic mass is 9.93. The van der Waals surface area contributed by atoms with Crippen molar-refractivity contribution in [3.8, 4) is 0 Å². The van der Waals surface area contributed by atoms with Crippen LogP contribution in [0.2, 0.25) is 0 Å². The van der Waals surface area contributed by atoms with E-state index < -0.39 is 6.10 Å². The maximum Gasteiger partial charge on any atom is 0.109 e. The highest BCUT2D eigenvalue weighted by molar-refractivity contribution is 9.10. The molecular formula is C15H15BrO2S. The smallest absolute Gasteiger partial charge is 0.109 e. The number of hydrogen-bond donors (Lipinski definition) is 1. The zero-order valence-electron chi connectivity index (χ0n) is 10.4. The van der Waals surface area contributed by atoms with E-state index >= 15 is 0 Å². The third-order valence-electron chi connectivity index (χ3n) is 3.41. The summed E-state index contributed by atoms with van der Waals surface area (Å²) >= 11 is 5.10. The number of halogens is 1. The molecule has 1 aliphatic rings. The van der Waals surface area contributed by atoms with Gasteiger partial charge in [-0.05, 0) is 39.5 Å². The molecule has 0 fully saturated rings. The molecule has 0 saturated heterocycles. The highest BCUT2D eigenvalue weighted by atomic mass is 79.9. The van der Waals surface area contributed by atoms with E-state index in [-0.39, 0.29) is 6.10 Å². The molecule has 2 aromatic rings. The van der Waals surface area contributed by atoms with Crippen molar-refractivity contribution in [3.05, 3.63) is 56.2 Å². The second-order valence-electron chi connectivity index (χ2n) is 4.74. The number of ether oxygens (including phenoxy) is 1. The highest BCUT2D eigenvalue weighted by Gasteiger charge is 2.27. The summed E-state index contributed by atoms with van der Waals surface area (Å²) in [6.45, 7) is 0.687. The van der Waals surface area contributed by atoms with Gasteiger partial charge in [0.25, 0.3) is 0 Å². The molecule has 0 amide bonds. The molecule has 1 aromatic carbocycles. The lowest BCUT2D eigenvalue weighted by Gasteiger charge is -2.29. The number of fused-ring (bicyclic) bond motifs is 1. The first-order valence-corrected chi connectivity index (χ1v) is 8.01. The number of hydrogen-bond acceptors (Lipinski definition) is 3. The van der Waals surface area contributed by atoms with Crippen molar-refractivity contribution in [2.75, 3.05) is 6.61 Å². The Labute approximate surface area is 125 Å². The van der Waals surface area contributed by atoms with Crippen LogP contribution in [0.25, 0.3) is 0 Å².